The van der Waals surface area contributed by atoms with Gasteiger partial charge in [0.2, 0.25) is 0 Å². The van der Waals surface area contributed by atoms with Crippen LogP contribution in [0.5, 0.6) is 0 Å². The Balaban J connectivity index is 1.49. The van der Waals surface area contributed by atoms with E-state index in [9.17, 15) is 13.2 Å². The molecule has 0 spiro atoms. The lowest BCUT2D eigenvalue weighted by atomic mass is 9.88. The average molecular weight is 418 g/mol. The summed E-state index contributed by atoms with van der Waals surface area (Å²) in [4.78, 5) is 16.2. The van der Waals surface area contributed by atoms with Gasteiger partial charge in [0, 0.05) is 24.5 Å². The van der Waals surface area contributed by atoms with Crippen LogP contribution in [0.25, 0.3) is 0 Å². The van der Waals surface area contributed by atoms with Crippen LogP contribution in [0.15, 0.2) is 53.7 Å². The first-order valence-electron chi connectivity index (χ1n) is 9.88. The molecule has 1 fully saturated rings. The molecule has 1 amide bonds. The molecule has 1 aromatic carbocycles. The molecular weight excluding hydrogens is 390 g/mol. The molecule has 2 unspecified atom stereocenters. The largest absolute Gasteiger partial charge is 0.376 e. The molecule has 156 valence electrons. The van der Waals surface area contributed by atoms with E-state index in [1.165, 1.54) is 55.9 Å². The molecule has 1 aliphatic carbocycles. The Morgan fingerprint density at radius 2 is 1.79 bits per heavy atom. The number of aromatic nitrogens is 1. The van der Waals surface area contributed by atoms with Crippen molar-refractivity contribution in [2.24, 2.45) is 5.92 Å². The number of rotatable bonds is 8. The third-order valence-electron chi connectivity index (χ3n) is 5.11. The number of sulfonamides is 1. The van der Waals surface area contributed by atoms with Gasteiger partial charge in [0.1, 0.15) is 0 Å². The van der Waals surface area contributed by atoms with Crippen molar-refractivity contribution in [2.75, 3.05) is 17.9 Å². The van der Waals surface area contributed by atoms with E-state index in [1.807, 2.05) is 0 Å². The minimum absolute atomic E-state index is 0.0838. The summed E-state index contributed by atoms with van der Waals surface area (Å²) in [5.41, 5.74) is 0.827. The maximum atomic E-state index is 12.4. The number of amides is 1. The second-order valence-electron chi connectivity index (χ2n) is 7.29. The maximum absolute atomic E-state index is 12.4. The lowest BCUT2D eigenvalue weighted by Crippen LogP contribution is -2.31. The average Bonchev–Trinajstić information content (AvgIpc) is 2.73. The molecule has 8 heteroatoms. The predicted molar refractivity (Wildman–Crippen MR) is 111 cm³/mol. The standard InChI is InChI=1S/C21H27N3O4S/c1-16-4-2-3-5-20(16)28-15-14-23-21(25)17-6-8-19(9-7-17)29(26,27)24-18-10-12-22-13-11-18/h6-13,16,20H,2-5,14-15H2,1H3,(H,22,24)(H,23,25). The number of nitrogens with zero attached hydrogens (tertiary/aromatic N) is 1. The number of hydrogen-bond donors (Lipinski definition) is 2. The van der Waals surface area contributed by atoms with Crippen molar-refractivity contribution in [1.82, 2.24) is 10.3 Å². The van der Waals surface area contributed by atoms with E-state index in [0.717, 1.165) is 6.42 Å². The first-order valence-corrected chi connectivity index (χ1v) is 11.4. The highest BCUT2D eigenvalue weighted by Crippen LogP contribution is 2.26. The Kier molecular flexibility index (Phi) is 7.22. The molecule has 1 aliphatic rings. The van der Waals surface area contributed by atoms with E-state index in [2.05, 4.69) is 21.9 Å². The molecule has 1 aromatic heterocycles. The van der Waals surface area contributed by atoms with Crippen LogP contribution >= 0.6 is 0 Å². The van der Waals surface area contributed by atoms with E-state index in [4.69, 9.17) is 4.74 Å². The van der Waals surface area contributed by atoms with Crippen LogP contribution in [0.4, 0.5) is 5.69 Å². The summed E-state index contributed by atoms with van der Waals surface area (Å²) < 4.78 is 33.2. The third kappa shape index (κ3) is 6.01. The van der Waals surface area contributed by atoms with Gasteiger partial charge in [-0.05, 0) is 55.2 Å². The van der Waals surface area contributed by atoms with Gasteiger partial charge in [-0.2, -0.15) is 0 Å². The molecule has 2 N–H and O–H groups in total. The molecule has 0 radical (unpaired) electrons. The molecule has 0 aliphatic heterocycles. The molecule has 0 saturated heterocycles. The summed E-state index contributed by atoms with van der Waals surface area (Å²) in [7, 11) is -3.72. The highest BCUT2D eigenvalue weighted by Gasteiger charge is 2.21. The van der Waals surface area contributed by atoms with Gasteiger partial charge in [0.05, 0.1) is 23.3 Å². The Morgan fingerprint density at radius 1 is 1.10 bits per heavy atom. The first kappa shape index (κ1) is 21.3. The lowest BCUT2D eigenvalue weighted by Gasteiger charge is -2.28. The molecule has 29 heavy (non-hydrogen) atoms. The number of hydrogen-bond acceptors (Lipinski definition) is 5. The van der Waals surface area contributed by atoms with Crippen LogP contribution in [0.1, 0.15) is 43.0 Å². The van der Waals surface area contributed by atoms with Crippen LogP contribution in [-0.2, 0) is 14.8 Å². The Labute approximate surface area is 171 Å². The number of pyridine rings is 1. The lowest BCUT2D eigenvalue weighted by molar-refractivity contribution is -0.00293. The van der Waals surface area contributed by atoms with Gasteiger partial charge >= 0.3 is 0 Å². The fraction of sp³-hybridized carbons (Fsp3) is 0.429. The SMILES string of the molecule is CC1CCCCC1OCCNC(=O)c1ccc(S(=O)(=O)Nc2ccncc2)cc1. The van der Waals surface area contributed by atoms with Gasteiger partial charge in [-0.25, -0.2) is 8.42 Å². The third-order valence-corrected chi connectivity index (χ3v) is 6.51. The van der Waals surface area contributed by atoms with E-state index in [1.54, 1.807) is 12.1 Å². The zero-order valence-electron chi connectivity index (χ0n) is 16.5. The highest BCUT2D eigenvalue weighted by atomic mass is 32.2. The summed E-state index contributed by atoms with van der Waals surface area (Å²) in [5.74, 6) is 0.311. The highest BCUT2D eigenvalue weighted by molar-refractivity contribution is 7.92. The Hall–Kier alpha value is -2.45. The molecule has 1 saturated carbocycles. The van der Waals surface area contributed by atoms with Crippen molar-refractivity contribution in [3.63, 3.8) is 0 Å². The molecule has 3 rings (SSSR count). The summed E-state index contributed by atoms with van der Waals surface area (Å²) >= 11 is 0. The fourth-order valence-corrected chi connectivity index (χ4v) is 4.48. The van der Waals surface area contributed by atoms with E-state index >= 15 is 0 Å². The van der Waals surface area contributed by atoms with Gasteiger partial charge < -0.3 is 10.1 Å². The second-order valence-corrected chi connectivity index (χ2v) is 8.98. The quantitative estimate of drug-likeness (QED) is 0.643. The van der Waals surface area contributed by atoms with E-state index < -0.39 is 10.0 Å². The minimum Gasteiger partial charge on any atom is -0.376 e. The number of carbonyl (C=O) groups is 1. The topological polar surface area (TPSA) is 97.4 Å². The fourth-order valence-electron chi connectivity index (χ4n) is 3.43. The van der Waals surface area contributed by atoms with Crippen molar-refractivity contribution in [3.05, 3.63) is 54.4 Å². The molecule has 2 aromatic rings. The maximum Gasteiger partial charge on any atom is 0.261 e. The van der Waals surface area contributed by atoms with Crippen molar-refractivity contribution in [2.45, 2.75) is 43.6 Å². The smallest absolute Gasteiger partial charge is 0.261 e. The molecule has 2 atom stereocenters. The minimum atomic E-state index is -3.72. The zero-order chi connectivity index (χ0) is 20.7. The zero-order valence-corrected chi connectivity index (χ0v) is 17.3. The normalized spacial score (nSPS) is 19.5. The number of benzene rings is 1. The van der Waals surface area contributed by atoms with Crippen molar-refractivity contribution in [1.29, 1.82) is 0 Å². The summed E-state index contributed by atoms with van der Waals surface area (Å²) in [6, 6.07) is 8.96. The van der Waals surface area contributed by atoms with E-state index in [0.29, 0.717) is 30.3 Å². The van der Waals surface area contributed by atoms with Crippen molar-refractivity contribution >= 4 is 21.6 Å². The molecule has 0 bridgehead atoms. The predicted octanol–water partition coefficient (Wildman–Crippen LogP) is 3.21. The van der Waals surface area contributed by atoms with Crippen LogP contribution in [0.2, 0.25) is 0 Å². The van der Waals surface area contributed by atoms with Gasteiger partial charge in [-0.15, -0.1) is 0 Å². The van der Waals surface area contributed by atoms with Crippen LogP contribution in [0.3, 0.4) is 0 Å². The Bertz CT molecular complexity index is 901. The van der Waals surface area contributed by atoms with Gasteiger partial charge in [-0.3, -0.25) is 14.5 Å². The number of nitrogens with one attached hydrogen (secondary N) is 2. The number of anilines is 1. The van der Waals surface area contributed by atoms with Crippen molar-refractivity contribution < 1.29 is 17.9 Å². The van der Waals surface area contributed by atoms with Gasteiger partial charge in [0.25, 0.3) is 15.9 Å². The summed E-state index contributed by atoms with van der Waals surface area (Å²) in [6.07, 6.45) is 8.03. The summed E-state index contributed by atoms with van der Waals surface area (Å²) in [5, 5.41) is 2.82. The van der Waals surface area contributed by atoms with Gasteiger partial charge in [-0.1, -0.05) is 19.8 Å². The van der Waals surface area contributed by atoms with E-state index in [-0.39, 0.29) is 16.9 Å². The van der Waals surface area contributed by atoms with Gasteiger partial charge in [0.15, 0.2) is 0 Å². The van der Waals surface area contributed by atoms with Crippen molar-refractivity contribution in [3.8, 4) is 0 Å². The molecule has 1 heterocycles. The number of ether oxygens (including phenoxy) is 1. The Morgan fingerprint density at radius 3 is 2.48 bits per heavy atom. The molecular formula is C21H27N3O4S. The second kappa shape index (κ2) is 9.84. The number of carbonyl (C=O) groups excluding carboxylic acids is 1. The first-order chi connectivity index (χ1) is 14.0. The molecule has 7 nitrogen and oxygen atoms in total. The van der Waals surface area contributed by atoms with Crippen LogP contribution in [0, 0.1) is 5.92 Å². The monoisotopic (exact) mass is 417 g/mol. The van der Waals surface area contributed by atoms with Crippen LogP contribution < -0.4 is 10.0 Å². The van der Waals surface area contributed by atoms with Crippen LogP contribution in [-0.4, -0.2) is 38.6 Å². The summed E-state index contributed by atoms with van der Waals surface area (Å²) in [6.45, 7) is 3.11.